The van der Waals surface area contributed by atoms with Crippen molar-refractivity contribution in [3.05, 3.63) is 46.0 Å². The van der Waals surface area contributed by atoms with Gasteiger partial charge in [0.25, 0.3) is 5.56 Å². The van der Waals surface area contributed by atoms with E-state index in [4.69, 9.17) is 4.42 Å². The van der Waals surface area contributed by atoms with Crippen LogP contribution in [0.25, 0.3) is 0 Å². The zero-order valence-electron chi connectivity index (χ0n) is 13.4. The van der Waals surface area contributed by atoms with Crippen LogP contribution in [0.2, 0.25) is 0 Å². The van der Waals surface area contributed by atoms with E-state index >= 15 is 0 Å². The number of hydrogen-bond acceptors (Lipinski definition) is 5. The number of aromatic nitrogens is 3. The van der Waals surface area contributed by atoms with Gasteiger partial charge in [-0.1, -0.05) is 0 Å². The molecule has 122 valence electrons. The summed E-state index contributed by atoms with van der Waals surface area (Å²) in [5.74, 6) is 2.78. The van der Waals surface area contributed by atoms with E-state index < -0.39 is 0 Å². The first-order chi connectivity index (χ1) is 11.2. The molecule has 0 spiro atoms. The Labute approximate surface area is 135 Å². The van der Waals surface area contributed by atoms with Crippen LogP contribution in [0.4, 0.5) is 0 Å². The van der Waals surface area contributed by atoms with Crippen LogP contribution in [0.3, 0.4) is 0 Å². The van der Waals surface area contributed by atoms with Gasteiger partial charge < -0.3 is 9.32 Å². The zero-order chi connectivity index (χ0) is 15.8. The molecular formula is C17H22N4O2. The Balaban J connectivity index is 1.27. The number of nitrogens with zero attached hydrogens (tertiary/aromatic N) is 4. The van der Waals surface area contributed by atoms with Crippen molar-refractivity contribution in [1.29, 1.82) is 0 Å². The van der Waals surface area contributed by atoms with Crippen LogP contribution in [0.15, 0.2) is 27.5 Å². The Hall–Kier alpha value is -1.95. The molecule has 2 aromatic heterocycles. The Morgan fingerprint density at radius 3 is 2.83 bits per heavy atom. The topological polar surface area (TPSA) is 64.2 Å². The second-order valence-corrected chi connectivity index (χ2v) is 6.77. The molecule has 1 saturated heterocycles. The highest BCUT2D eigenvalue weighted by Crippen LogP contribution is 2.38. The van der Waals surface area contributed by atoms with E-state index in [9.17, 15) is 4.79 Å². The zero-order valence-corrected chi connectivity index (χ0v) is 13.4. The molecule has 1 saturated carbocycles. The van der Waals surface area contributed by atoms with Crippen molar-refractivity contribution in [2.75, 3.05) is 19.6 Å². The summed E-state index contributed by atoms with van der Waals surface area (Å²) >= 11 is 0. The summed E-state index contributed by atoms with van der Waals surface area (Å²) in [5, 5.41) is 4.54. The molecule has 0 atom stereocenters. The maximum atomic E-state index is 12.0. The molecule has 2 aliphatic rings. The summed E-state index contributed by atoms with van der Waals surface area (Å²) in [6, 6.07) is 3.56. The number of hydrogen-bond donors (Lipinski definition) is 0. The van der Waals surface area contributed by atoms with Gasteiger partial charge in [0.2, 0.25) is 0 Å². The molecule has 6 heteroatoms. The quantitative estimate of drug-likeness (QED) is 0.810. The van der Waals surface area contributed by atoms with E-state index in [1.807, 2.05) is 13.0 Å². The van der Waals surface area contributed by atoms with Crippen molar-refractivity contribution in [3.8, 4) is 0 Å². The maximum absolute atomic E-state index is 12.0. The van der Waals surface area contributed by atoms with E-state index in [-0.39, 0.29) is 5.56 Å². The third kappa shape index (κ3) is 3.37. The lowest BCUT2D eigenvalue weighted by Crippen LogP contribution is -2.50. The van der Waals surface area contributed by atoms with E-state index in [1.54, 1.807) is 16.9 Å². The summed E-state index contributed by atoms with van der Waals surface area (Å²) in [6.45, 7) is 5.63. The smallest absolute Gasteiger partial charge is 0.266 e. The highest BCUT2D eigenvalue weighted by Gasteiger charge is 2.29. The van der Waals surface area contributed by atoms with Gasteiger partial charge in [-0.05, 0) is 18.9 Å². The molecule has 0 unspecified atom stereocenters. The van der Waals surface area contributed by atoms with Crippen LogP contribution >= 0.6 is 0 Å². The molecule has 0 N–H and O–H groups in total. The maximum Gasteiger partial charge on any atom is 0.266 e. The highest BCUT2D eigenvalue weighted by atomic mass is 16.4. The first-order valence-corrected chi connectivity index (χ1v) is 8.39. The van der Waals surface area contributed by atoms with Crippen LogP contribution in [0.5, 0.6) is 0 Å². The van der Waals surface area contributed by atoms with Gasteiger partial charge in [-0.2, -0.15) is 5.10 Å². The molecular weight excluding hydrogens is 292 g/mol. The van der Waals surface area contributed by atoms with E-state index in [1.165, 1.54) is 12.8 Å². The van der Waals surface area contributed by atoms with Gasteiger partial charge in [-0.15, -0.1) is 0 Å². The summed E-state index contributed by atoms with van der Waals surface area (Å²) in [6.07, 6.45) is 5.12. The van der Waals surface area contributed by atoms with Gasteiger partial charge in [0.05, 0.1) is 18.4 Å². The molecule has 1 aliphatic carbocycles. The molecule has 0 bridgehead atoms. The van der Waals surface area contributed by atoms with Crippen molar-refractivity contribution in [1.82, 2.24) is 19.7 Å². The fourth-order valence-electron chi connectivity index (χ4n) is 3.20. The Bertz CT molecular complexity index is 741. The van der Waals surface area contributed by atoms with Gasteiger partial charge in [0.1, 0.15) is 5.76 Å². The lowest BCUT2D eigenvalue weighted by atomic mass is 10.00. The lowest BCUT2D eigenvalue weighted by Gasteiger charge is -2.39. The Morgan fingerprint density at radius 2 is 2.13 bits per heavy atom. The predicted molar refractivity (Wildman–Crippen MR) is 85.3 cm³/mol. The molecule has 4 rings (SSSR count). The fraction of sp³-hybridized carbons (Fsp3) is 0.588. The molecule has 0 aromatic carbocycles. The summed E-state index contributed by atoms with van der Waals surface area (Å²) < 4.78 is 7.15. The van der Waals surface area contributed by atoms with E-state index in [0.717, 1.165) is 49.9 Å². The van der Waals surface area contributed by atoms with Crippen LogP contribution in [0, 0.1) is 12.8 Å². The monoisotopic (exact) mass is 314 g/mol. The van der Waals surface area contributed by atoms with Gasteiger partial charge in [-0.25, -0.2) is 9.67 Å². The molecule has 1 aliphatic heterocycles. The van der Waals surface area contributed by atoms with Crippen LogP contribution < -0.4 is 5.56 Å². The third-order valence-electron chi connectivity index (χ3n) is 4.69. The summed E-state index contributed by atoms with van der Waals surface area (Å²) in [7, 11) is 0. The molecule has 2 fully saturated rings. The summed E-state index contributed by atoms with van der Waals surface area (Å²) in [4.78, 5) is 18.5. The normalized spacial score (nSPS) is 19.0. The minimum Gasteiger partial charge on any atom is -0.446 e. The Morgan fingerprint density at radius 1 is 1.30 bits per heavy atom. The highest BCUT2D eigenvalue weighted by molar-refractivity contribution is 5.12. The van der Waals surface area contributed by atoms with Crippen LogP contribution in [-0.4, -0.2) is 39.3 Å². The SMILES string of the molecule is Cc1ncc(CCN2CC(Cn3nc(C4CC4)ccc3=O)C2)o1. The second-order valence-electron chi connectivity index (χ2n) is 6.77. The minimum atomic E-state index is 0.0185. The minimum absolute atomic E-state index is 0.0185. The molecule has 2 aromatic rings. The Kier molecular flexibility index (Phi) is 3.77. The second kappa shape index (κ2) is 5.92. The van der Waals surface area contributed by atoms with Gasteiger partial charge in [0, 0.05) is 50.9 Å². The predicted octanol–water partition coefficient (Wildman–Crippen LogP) is 1.59. The van der Waals surface area contributed by atoms with Gasteiger partial charge in [-0.3, -0.25) is 4.79 Å². The first kappa shape index (κ1) is 14.6. The number of likely N-dealkylation sites (tertiary alicyclic amines) is 1. The molecule has 0 radical (unpaired) electrons. The number of aryl methyl sites for hydroxylation is 1. The molecule has 23 heavy (non-hydrogen) atoms. The molecule has 0 amide bonds. The van der Waals surface area contributed by atoms with E-state index in [0.29, 0.717) is 11.8 Å². The summed E-state index contributed by atoms with van der Waals surface area (Å²) in [5.41, 5.74) is 1.10. The third-order valence-corrected chi connectivity index (χ3v) is 4.69. The average molecular weight is 314 g/mol. The van der Waals surface area contributed by atoms with Crippen LogP contribution in [-0.2, 0) is 13.0 Å². The standard InChI is InChI=1S/C17H22N4O2/c1-12-18-8-15(23-12)6-7-20-9-13(10-20)11-21-17(22)5-4-16(19-21)14-2-3-14/h4-5,8,13-14H,2-3,6-7,9-11H2,1H3. The van der Waals surface area contributed by atoms with Crippen LogP contribution in [0.1, 0.15) is 36.1 Å². The average Bonchev–Trinajstić information content (AvgIpc) is 3.26. The lowest BCUT2D eigenvalue weighted by molar-refractivity contribution is 0.0838. The molecule has 6 nitrogen and oxygen atoms in total. The van der Waals surface area contributed by atoms with Gasteiger partial charge in [0.15, 0.2) is 5.89 Å². The first-order valence-electron chi connectivity index (χ1n) is 8.39. The molecule has 3 heterocycles. The fourth-order valence-corrected chi connectivity index (χ4v) is 3.20. The number of oxazole rings is 1. The van der Waals surface area contributed by atoms with Crippen molar-refractivity contribution < 1.29 is 4.42 Å². The van der Waals surface area contributed by atoms with Crippen molar-refractivity contribution in [3.63, 3.8) is 0 Å². The van der Waals surface area contributed by atoms with E-state index in [2.05, 4.69) is 15.0 Å². The largest absolute Gasteiger partial charge is 0.446 e. The van der Waals surface area contributed by atoms with Crippen molar-refractivity contribution in [2.45, 2.75) is 38.6 Å². The van der Waals surface area contributed by atoms with Gasteiger partial charge >= 0.3 is 0 Å². The number of rotatable bonds is 6. The van der Waals surface area contributed by atoms with Crippen molar-refractivity contribution in [2.24, 2.45) is 5.92 Å². The van der Waals surface area contributed by atoms with Crippen molar-refractivity contribution >= 4 is 0 Å².